The fraction of sp³-hybridized carbons (Fsp3) is 0.346. The summed E-state index contributed by atoms with van der Waals surface area (Å²) >= 11 is 0. The van der Waals surface area contributed by atoms with Crippen molar-refractivity contribution in [1.29, 1.82) is 5.26 Å². The van der Waals surface area contributed by atoms with Crippen molar-refractivity contribution in [1.82, 2.24) is 9.88 Å². The van der Waals surface area contributed by atoms with E-state index in [4.69, 9.17) is 5.26 Å². The molecule has 0 radical (unpaired) electrons. The minimum atomic E-state index is 0.299. The Labute approximate surface area is 182 Å². The lowest BCUT2D eigenvalue weighted by molar-refractivity contribution is -0.133. The van der Waals surface area contributed by atoms with Crippen molar-refractivity contribution in [2.45, 2.75) is 38.1 Å². The number of amides is 1. The van der Waals surface area contributed by atoms with E-state index in [2.05, 4.69) is 40.6 Å². The molecular weight excluding hydrogens is 384 g/mol. The van der Waals surface area contributed by atoms with Crippen LogP contribution in [0.1, 0.15) is 31.2 Å². The highest BCUT2D eigenvalue weighted by atomic mass is 16.2. The monoisotopic (exact) mass is 410 g/mol. The number of hydrogen-bond acceptors (Lipinski definition) is 4. The molecule has 1 amide bonds. The number of likely N-dealkylation sites (tertiary alicyclic amines) is 1. The third-order valence-corrected chi connectivity index (χ3v) is 6.39. The van der Waals surface area contributed by atoms with Crippen LogP contribution >= 0.6 is 0 Å². The molecule has 0 atom stereocenters. The van der Waals surface area contributed by atoms with Gasteiger partial charge in [-0.05, 0) is 66.0 Å². The highest BCUT2D eigenvalue weighted by Gasteiger charge is 2.34. The molecule has 0 unspecified atom stereocenters. The van der Waals surface area contributed by atoms with Crippen LogP contribution in [0.2, 0.25) is 0 Å². The quantitative estimate of drug-likeness (QED) is 0.657. The van der Waals surface area contributed by atoms with Gasteiger partial charge in [0.1, 0.15) is 0 Å². The van der Waals surface area contributed by atoms with Gasteiger partial charge in [0.2, 0.25) is 5.91 Å². The van der Waals surface area contributed by atoms with Gasteiger partial charge in [-0.15, -0.1) is 0 Å². The third-order valence-electron chi connectivity index (χ3n) is 6.39. The van der Waals surface area contributed by atoms with Crippen LogP contribution in [-0.2, 0) is 11.2 Å². The standard InChI is InChI=1S/C26H26N4O/c27-10-6-18-2-1-3-20(14-18)22-15-21-7-11-28-17-24(21)25(16-22)29-23-8-12-30(13-9-23)26(31)19-4-5-19/h1-3,7,11,14-17,19,23,29H,4-6,8-9,12-13H2. The second-order valence-corrected chi connectivity index (χ2v) is 8.67. The molecule has 2 aliphatic rings. The van der Waals surface area contributed by atoms with Crippen molar-refractivity contribution in [3.63, 3.8) is 0 Å². The van der Waals surface area contributed by atoms with Crippen molar-refractivity contribution >= 4 is 22.4 Å². The maximum atomic E-state index is 12.4. The number of nitrogens with zero attached hydrogens (tertiary/aromatic N) is 3. The molecule has 5 rings (SSSR count). The predicted molar refractivity (Wildman–Crippen MR) is 122 cm³/mol. The molecule has 1 saturated carbocycles. The summed E-state index contributed by atoms with van der Waals surface area (Å²) in [5.74, 6) is 0.653. The fourth-order valence-corrected chi connectivity index (χ4v) is 4.49. The molecule has 1 aliphatic heterocycles. The first-order valence-electron chi connectivity index (χ1n) is 11.1. The van der Waals surface area contributed by atoms with Crippen molar-refractivity contribution in [2.24, 2.45) is 5.92 Å². The van der Waals surface area contributed by atoms with Gasteiger partial charge in [0.25, 0.3) is 0 Å². The van der Waals surface area contributed by atoms with Gasteiger partial charge in [0.05, 0.1) is 12.5 Å². The largest absolute Gasteiger partial charge is 0.382 e. The Morgan fingerprint density at radius 3 is 2.71 bits per heavy atom. The molecule has 2 heterocycles. The predicted octanol–water partition coefficient (Wildman–Crippen LogP) is 4.78. The Morgan fingerprint density at radius 2 is 1.94 bits per heavy atom. The molecule has 1 aliphatic carbocycles. The Kier molecular flexibility index (Phi) is 5.30. The Hall–Kier alpha value is -3.39. The summed E-state index contributed by atoms with van der Waals surface area (Å²) in [7, 11) is 0. The number of carbonyl (C=O) groups is 1. The molecule has 1 N–H and O–H groups in total. The summed E-state index contributed by atoms with van der Waals surface area (Å²) in [5.41, 5.74) is 4.34. The number of nitriles is 1. The number of anilines is 1. The fourth-order valence-electron chi connectivity index (χ4n) is 4.49. The topological polar surface area (TPSA) is 69.0 Å². The minimum absolute atomic E-state index is 0.299. The van der Waals surface area contributed by atoms with E-state index in [0.29, 0.717) is 24.3 Å². The van der Waals surface area contributed by atoms with E-state index in [0.717, 1.165) is 71.9 Å². The number of pyridine rings is 1. The van der Waals surface area contributed by atoms with E-state index in [1.807, 2.05) is 35.5 Å². The highest BCUT2D eigenvalue weighted by molar-refractivity contribution is 5.97. The second-order valence-electron chi connectivity index (χ2n) is 8.67. The Balaban J connectivity index is 1.40. The molecule has 156 valence electrons. The van der Waals surface area contributed by atoms with E-state index in [1.54, 1.807) is 0 Å². The van der Waals surface area contributed by atoms with Gasteiger partial charge in [0.15, 0.2) is 0 Å². The van der Waals surface area contributed by atoms with E-state index in [9.17, 15) is 4.79 Å². The Bertz CT molecular complexity index is 1150. The Morgan fingerprint density at radius 1 is 1.10 bits per heavy atom. The first-order chi connectivity index (χ1) is 15.2. The second kappa shape index (κ2) is 8.39. The summed E-state index contributed by atoms with van der Waals surface area (Å²) in [4.78, 5) is 18.7. The van der Waals surface area contributed by atoms with Crippen LogP contribution in [0.5, 0.6) is 0 Å². The average molecular weight is 411 g/mol. The molecular formula is C26H26N4O. The molecule has 2 aromatic carbocycles. The first-order valence-corrected chi connectivity index (χ1v) is 11.1. The molecule has 0 bridgehead atoms. The van der Waals surface area contributed by atoms with Crippen LogP contribution in [0.15, 0.2) is 54.9 Å². The normalized spacial score (nSPS) is 16.8. The summed E-state index contributed by atoms with van der Waals surface area (Å²) in [6.07, 6.45) is 8.21. The van der Waals surface area contributed by atoms with Crippen molar-refractivity contribution < 1.29 is 4.79 Å². The van der Waals surface area contributed by atoms with Crippen LogP contribution in [0.3, 0.4) is 0 Å². The maximum Gasteiger partial charge on any atom is 0.225 e. The minimum Gasteiger partial charge on any atom is -0.382 e. The van der Waals surface area contributed by atoms with Crippen molar-refractivity contribution in [3.8, 4) is 17.2 Å². The molecule has 2 fully saturated rings. The maximum absolute atomic E-state index is 12.4. The molecule has 31 heavy (non-hydrogen) atoms. The zero-order valence-corrected chi connectivity index (χ0v) is 17.6. The number of nitrogens with one attached hydrogen (secondary N) is 1. The van der Waals surface area contributed by atoms with Crippen molar-refractivity contribution in [2.75, 3.05) is 18.4 Å². The average Bonchev–Trinajstić information content (AvgIpc) is 3.65. The summed E-state index contributed by atoms with van der Waals surface area (Å²) in [5, 5.41) is 15.0. The number of benzene rings is 2. The third kappa shape index (κ3) is 4.25. The molecule has 1 saturated heterocycles. The zero-order valence-electron chi connectivity index (χ0n) is 17.6. The lowest BCUT2D eigenvalue weighted by Crippen LogP contribution is -2.43. The highest BCUT2D eigenvalue weighted by Crippen LogP contribution is 2.34. The number of aromatic nitrogens is 1. The van der Waals surface area contributed by atoms with E-state index in [1.165, 1.54) is 0 Å². The molecule has 1 aromatic heterocycles. The van der Waals surface area contributed by atoms with Gasteiger partial charge in [0, 0.05) is 48.5 Å². The summed E-state index contributed by atoms with van der Waals surface area (Å²) in [6.45, 7) is 1.66. The van der Waals surface area contributed by atoms with E-state index < -0.39 is 0 Å². The summed E-state index contributed by atoms with van der Waals surface area (Å²) in [6, 6.07) is 17.2. The van der Waals surface area contributed by atoms with Crippen LogP contribution < -0.4 is 5.32 Å². The molecule has 0 spiro atoms. The van der Waals surface area contributed by atoms with E-state index in [-0.39, 0.29) is 0 Å². The van der Waals surface area contributed by atoms with Gasteiger partial charge >= 0.3 is 0 Å². The van der Waals surface area contributed by atoms with Gasteiger partial charge in [-0.25, -0.2) is 0 Å². The van der Waals surface area contributed by atoms with Gasteiger partial charge in [-0.3, -0.25) is 9.78 Å². The first kappa shape index (κ1) is 19.6. The van der Waals surface area contributed by atoms with Gasteiger partial charge in [-0.1, -0.05) is 24.3 Å². The SMILES string of the molecule is N#CCc1cccc(-c2cc(NC3CCN(C(=O)C4CC4)CC3)c3cnccc3c2)c1. The number of piperidine rings is 1. The number of carbonyl (C=O) groups excluding carboxylic acids is 1. The lowest BCUT2D eigenvalue weighted by atomic mass is 9.97. The number of fused-ring (bicyclic) bond motifs is 1. The molecule has 5 heteroatoms. The summed E-state index contributed by atoms with van der Waals surface area (Å²) < 4.78 is 0. The van der Waals surface area contributed by atoms with Crippen LogP contribution in [0.4, 0.5) is 5.69 Å². The van der Waals surface area contributed by atoms with Crippen LogP contribution in [0, 0.1) is 17.2 Å². The zero-order chi connectivity index (χ0) is 21.2. The van der Waals surface area contributed by atoms with E-state index >= 15 is 0 Å². The van der Waals surface area contributed by atoms with Crippen LogP contribution in [-0.4, -0.2) is 34.9 Å². The van der Waals surface area contributed by atoms with Gasteiger partial charge < -0.3 is 10.2 Å². The molecule has 3 aromatic rings. The van der Waals surface area contributed by atoms with Crippen LogP contribution in [0.25, 0.3) is 21.9 Å². The number of hydrogen-bond donors (Lipinski definition) is 1. The molecule has 5 nitrogen and oxygen atoms in total. The number of rotatable bonds is 5. The van der Waals surface area contributed by atoms with Gasteiger partial charge in [-0.2, -0.15) is 5.26 Å². The lowest BCUT2D eigenvalue weighted by Gasteiger charge is -2.33. The van der Waals surface area contributed by atoms with Crippen molar-refractivity contribution in [3.05, 3.63) is 60.4 Å². The smallest absolute Gasteiger partial charge is 0.225 e.